The second-order valence-corrected chi connectivity index (χ2v) is 9.84. The van der Waals surface area contributed by atoms with Crippen molar-refractivity contribution in [2.75, 3.05) is 19.7 Å². The Hall–Kier alpha value is -2.79. The fourth-order valence-corrected chi connectivity index (χ4v) is 5.33. The molecule has 1 aromatic carbocycles. The van der Waals surface area contributed by atoms with Crippen molar-refractivity contribution in [1.29, 1.82) is 0 Å². The van der Waals surface area contributed by atoms with Crippen LogP contribution in [-0.2, 0) is 14.9 Å². The van der Waals surface area contributed by atoms with Crippen molar-refractivity contribution < 1.29 is 31.2 Å². The van der Waals surface area contributed by atoms with Crippen molar-refractivity contribution in [3.8, 4) is 5.75 Å². The summed E-state index contributed by atoms with van der Waals surface area (Å²) in [7, 11) is -3.82. The molecule has 35 heavy (non-hydrogen) atoms. The fourth-order valence-electron chi connectivity index (χ4n) is 3.88. The number of nitrogens with one attached hydrogen (secondary N) is 1. The van der Waals surface area contributed by atoms with Gasteiger partial charge in [-0.25, -0.2) is 8.42 Å². The molecule has 1 aromatic rings. The molecule has 7 nitrogen and oxygen atoms in total. The fraction of sp³-hybridized carbons (Fsp3) is 0.458. The maximum atomic E-state index is 12.8. The molecule has 1 N–H and O–H groups in total. The highest BCUT2D eigenvalue weighted by Crippen LogP contribution is 2.26. The molecule has 1 saturated heterocycles. The van der Waals surface area contributed by atoms with E-state index in [0.29, 0.717) is 19.4 Å². The molecule has 0 saturated carbocycles. The Morgan fingerprint density at radius 2 is 1.74 bits per heavy atom. The minimum Gasteiger partial charge on any atom is -0.406 e. The molecule has 1 atom stereocenters. The van der Waals surface area contributed by atoms with Gasteiger partial charge in [-0.3, -0.25) is 0 Å². The number of rotatable bonds is 6. The van der Waals surface area contributed by atoms with Crippen molar-refractivity contribution in [2.24, 2.45) is 5.16 Å². The van der Waals surface area contributed by atoms with E-state index in [1.54, 1.807) is 0 Å². The Morgan fingerprint density at radius 3 is 2.40 bits per heavy atom. The second kappa shape index (κ2) is 11.8. The average molecular weight is 514 g/mol. The van der Waals surface area contributed by atoms with Gasteiger partial charge in [0.2, 0.25) is 10.0 Å². The van der Waals surface area contributed by atoms with E-state index >= 15 is 0 Å². The summed E-state index contributed by atoms with van der Waals surface area (Å²) >= 11 is 0. The van der Waals surface area contributed by atoms with Crippen LogP contribution in [0.3, 0.4) is 0 Å². The monoisotopic (exact) mass is 513 g/mol. The summed E-state index contributed by atoms with van der Waals surface area (Å²) < 4.78 is 67.5. The zero-order valence-electron chi connectivity index (χ0n) is 19.7. The Bertz CT molecular complexity index is 1060. The summed E-state index contributed by atoms with van der Waals surface area (Å²) in [4.78, 5) is 5.44. The topological polar surface area (TPSA) is 80.2 Å². The standard InChI is InChI=1S/C22H24F3N3O4S.C2H6/c23-22(24,25)32-19-6-8-20(9-7-19)33(29,30)28-12-10-17(11-13-28)27-31-15-18-14-16-4-2-1-3-5-21(16)26-18;1-2/h2-9,18,26H,1,10-15H2;1-2H3. The summed E-state index contributed by atoms with van der Waals surface area (Å²) in [5, 5.41) is 7.62. The molecule has 0 radical (unpaired) electrons. The van der Waals surface area contributed by atoms with E-state index in [4.69, 9.17) is 4.84 Å². The summed E-state index contributed by atoms with van der Waals surface area (Å²) in [6.45, 7) is 4.85. The SMILES string of the molecule is CC.O=S(=O)(c1ccc(OC(F)(F)F)cc1)N1CCC(=NOCC2CC3=C(C=CCC=C3)N2)CC1. The first-order valence-corrected chi connectivity index (χ1v) is 13.0. The highest BCUT2D eigenvalue weighted by Gasteiger charge is 2.32. The largest absolute Gasteiger partial charge is 0.573 e. The van der Waals surface area contributed by atoms with Gasteiger partial charge in [0.15, 0.2) is 0 Å². The van der Waals surface area contributed by atoms with Crippen LogP contribution in [0.1, 0.15) is 39.5 Å². The molecular formula is C24H30F3N3O4S. The van der Waals surface area contributed by atoms with E-state index in [2.05, 4.69) is 39.5 Å². The minimum absolute atomic E-state index is 0.0867. The minimum atomic E-state index is -4.83. The third kappa shape index (κ3) is 7.35. The van der Waals surface area contributed by atoms with Crippen LogP contribution in [0.5, 0.6) is 5.75 Å². The number of piperidine rings is 1. The smallest absolute Gasteiger partial charge is 0.406 e. The third-order valence-corrected chi connectivity index (χ3v) is 7.42. The van der Waals surface area contributed by atoms with E-state index < -0.39 is 22.1 Å². The summed E-state index contributed by atoms with van der Waals surface area (Å²) in [5.41, 5.74) is 3.14. The number of halogens is 3. The van der Waals surface area contributed by atoms with Crippen molar-refractivity contribution in [3.63, 3.8) is 0 Å². The molecule has 0 amide bonds. The number of sulfonamides is 1. The predicted octanol–water partition coefficient (Wildman–Crippen LogP) is 4.90. The van der Waals surface area contributed by atoms with Gasteiger partial charge in [0.1, 0.15) is 12.4 Å². The predicted molar refractivity (Wildman–Crippen MR) is 127 cm³/mol. The molecule has 11 heteroatoms. The number of nitrogens with zero attached hydrogens (tertiary/aromatic N) is 2. The zero-order valence-corrected chi connectivity index (χ0v) is 20.5. The summed E-state index contributed by atoms with van der Waals surface area (Å²) in [6, 6.07) is 4.33. The molecule has 3 aliphatic rings. The van der Waals surface area contributed by atoms with Crippen LogP contribution in [0.25, 0.3) is 0 Å². The van der Waals surface area contributed by atoms with Gasteiger partial charge in [0, 0.05) is 31.6 Å². The first-order valence-electron chi connectivity index (χ1n) is 11.6. The van der Waals surface area contributed by atoms with E-state index in [0.717, 1.165) is 48.5 Å². The van der Waals surface area contributed by atoms with Gasteiger partial charge >= 0.3 is 6.36 Å². The lowest BCUT2D eigenvalue weighted by atomic mass is 10.1. The van der Waals surface area contributed by atoms with Gasteiger partial charge in [-0.1, -0.05) is 37.2 Å². The third-order valence-electron chi connectivity index (χ3n) is 5.51. The van der Waals surface area contributed by atoms with E-state index in [1.807, 2.05) is 13.8 Å². The van der Waals surface area contributed by atoms with Crippen molar-refractivity contribution in [2.45, 2.75) is 56.8 Å². The number of oxime groups is 1. The van der Waals surface area contributed by atoms with Gasteiger partial charge < -0.3 is 14.9 Å². The normalized spacial score (nSPS) is 20.4. The van der Waals surface area contributed by atoms with Crippen LogP contribution >= 0.6 is 0 Å². The Morgan fingerprint density at radius 1 is 1.09 bits per heavy atom. The van der Waals surface area contributed by atoms with Gasteiger partial charge in [-0.05, 0) is 48.8 Å². The van der Waals surface area contributed by atoms with Crippen LogP contribution in [-0.4, -0.2) is 50.5 Å². The maximum absolute atomic E-state index is 12.8. The van der Waals surface area contributed by atoms with Gasteiger partial charge in [0.25, 0.3) is 0 Å². The highest BCUT2D eigenvalue weighted by atomic mass is 32.2. The molecule has 1 fully saturated rings. The molecule has 192 valence electrons. The lowest BCUT2D eigenvalue weighted by Gasteiger charge is -2.26. The molecule has 0 bridgehead atoms. The van der Waals surface area contributed by atoms with Crippen molar-refractivity contribution in [1.82, 2.24) is 9.62 Å². The van der Waals surface area contributed by atoms with Gasteiger partial charge in [-0.15, -0.1) is 13.2 Å². The number of hydrogen-bond acceptors (Lipinski definition) is 6. The van der Waals surface area contributed by atoms with Crippen LogP contribution < -0.4 is 10.1 Å². The first-order chi connectivity index (χ1) is 16.7. The number of alkyl halides is 3. The Kier molecular flexibility index (Phi) is 9.01. The van der Waals surface area contributed by atoms with Crippen LogP contribution in [0.2, 0.25) is 0 Å². The van der Waals surface area contributed by atoms with Crippen LogP contribution in [0.15, 0.2) is 69.9 Å². The Labute approximate surface area is 204 Å². The van der Waals surface area contributed by atoms with Crippen molar-refractivity contribution in [3.05, 3.63) is 59.8 Å². The van der Waals surface area contributed by atoms with E-state index in [-0.39, 0.29) is 24.0 Å². The quantitative estimate of drug-likeness (QED) is 0.548. The molecular weight excluding hydrogens is 483 g/mol. The van der Waals surface area contributed by atoms with Crippen LogP contribution in [0.4, 0.5) is 13.2 Å². The number of benzene rings is 1. The lowest BCUT2D eigenvalue weighted by molar-refractivity contribution is -0.274. The summed E-state index contributed by atoms with van der Waals surface area (Å²) in [6.07, 6.45) is 6.23. The Balaban J connectivity index is 0.00000167. The lowest BCUT2D eigenvalue weighted by Crippen LogP contribution is -2.38. The zero-order chi connectivity index (χ0) is 25.5. The molecule has 0 spiro atoms. The second-order valence-electron chi connectivity index (χ2n) is 7.90. The average Bonchev–Trinajstić information content (AvgIpc) is 3.08. The van der Waals surface area contributed by atoms with Gasteiger partial charge in [0.05, 0.1) is 16.6 Å². The summed E-state index contributed by atoms with van der Waals surface area (Å²) in [5.74, 6) is -0.470. The number of ether oxygens (including phenoxy) is 1. The number of allylic oxidation sites excluding steroid dienone is 4. The maximum Gasteiger partial charge on any atom is 0.573 e. The van der Waals surface area contributed by atoms with Crippen LogP contribution in [0, 0.1) is 0 Å². The molecule has 1 aliphatic carbocycles. The molecule has 4 rings (SSSR count). The van der Waals surface area contributed by atoms with E-state index in [1.165, 1.54) is 9.88 Å². The molecule has 2 heterocycles. The molecule has 1 unspecified atom stereocenters. The first kappa shape index (κ1) is 26.8. The highest BCUT2D eigenvalue weighted by molar-refractivity contribution is 7.89. The van der Waals surface area contributed by atoms with Crippen molar-refractivity contribution >= 4 is 15.7 Å². The number of hydrogen-bond donors (Lipinski definition) is 1. The molecule has 0 aromatic heterocycles. The molecule has 2 aliphatic heterocycles. The van der Waals surface area contributed by atoms with E-state index in [9.17, 15) is 21.6 Å². The van der Waals surface area contributed by atoms with Gasteiger partial charge in [-0.2, -0.15) is 4.31 Å².